The quantitative estimate of drug-likeness (QED) is 0.239. The van der Waals surface area contributed by atoms with Gasteiger partial charge in [-0.1, -0.05) is 59.6 Å². The first-order chi connectivity index (χ1) is 16.6. The Morgan fingerprint density at radius 3 is 2.44 bits per heavy atom. The monoisotopic (exact) mass is 495 g/mol. The maximum absolute atomic E-state index is 12.4. The molecule has 0 aliphatic carbocycles. The molecule has 1 N–H and O–H groups in total. The van der Waals surface area contributed by atoms with Crippen LogP contribution in [-0.4, -0.2) is 28.6 Å². The van der Waals surface area contributed by atoms with E-state index in [9.17, 15) is 4.79 Å². The Morgan fingerprint density at radius 2 is 1.62 bits per heavy atom. The van der Waals surface area contributed by atoms with Gasteiger partial charge in [-0.15, -0.1) is 0 Å². The van der Waals surface area contributed by atoms with E-state index in [1.807, 2.05) is 54.6 Å². The number of nitrogens with one attached hydrogen (secondary N) is 1. The zero-order valence-corrected chi connectivity index (χ0v) is 20.4. The van der Waals surface area contributed by atoms with Gasteiger partial charge in [-0.25, -0.2) is 4.98 Å². The number of fused-ring (bicyclic) bond motifs is 1. The number of aryl methyl sites for hydroxylation is 2. The number of hydrogen-bond donors (Lipinski definition) is 1. The number of unbranched alkanes of at least 4 members (excludes halogenated alkanes) is 1. The van der Waals surface area contributed by atoms with Crippen LogP contribution in [0.3, 0.4) is 0 Å². The molecule has 0 radical (unpaired) electrons. The Labute approximate surface area is 209 Å². The second-order valence-electron chi connectivity index (χ2n) is 7.99. The molecule has 1 amide bonds. The van der Waals surface area contributed by atoms with Crippen LogP contribution in [-0.2, 0) is 13.0 Å². The summed E-state index contributed by atoms with van der Waals surface area (Å²) in [6.45, 7) is 2.02. The molecule has 4 rings (SSSR count). The summed E-state index contributed by atoms with van der Waals surface area (Å²) in [6.07, 6.45) is 3.43. The first-order valence-corrected chi connectivity index (χ1v) is 12.2. The van der Waals surface area contributed by atoms with Crippen LogP contribution in [0.1, 0.15) is 35.4 Å². The molecular weight excluding hydrogens is 469 g/mol. The molecule has 0 aliphatic heterocycles. The van der Waals surface area contributed by atoms with Crippen molar-refractivity contribution in [1.82, 2.24) is 14.9 Å². The highest BCUT2D eigenvalue weighted by Gasteiger charge is 2.12. The molecule has 0 saturated carbocycles. The van der Waals surface area contributed by atoms with Crippen LogP contribution in [0.25, 0.3) is 11.0 Å². The van der Waals surface area contributed by atoms with E-state index in [4.69, 9.17) is 32.9 Å². The normalized spacial score (nSPS) is 11.0. The minimum atomic E-state index is -0.155. The fourth-order valence-corrected chi connectivity index (χ4v) is 4.28. The molecule has 0 aliphatic rings. The summed E-state index contributed by atoms with van der Waals surface area (Å²) in [4.78, 5) is 17.2. The largest absolute Gasteiger partial charge is 0.492 e. The highest BCUT2D eigenvalue weighted by atomic mass is 35.5. The van der Waals surface area contributed by atoms with Gasteiger partial charge in [0.15, 0.2) is 0 Å². The Hall–Kier alpha value is -3.02. The average Bonchev–Trinajstić information content (AvgIpc) is 3.20. The topological polar surface area (TPSA) is 56.2 Å². The van der Waals surface area contributed by atoms with Crippen LogP contribution in [0.4, 0.5) is 0 Å². The van der Waals surface area contributed by atoms with Gasteiger partial charge in [0, 0.05) is 19.5 Å². The smallest absolute Gasteiger partial charge is 0.252 e. The standard InChI is InChI=1S/C27H27Cl2N3O2/c28-21-11-2-1-10-20(21)27(33)30-17-9-16-26-31-23-13-4-5-14-24(23)32(26)18-7-8-19-34-25-15-6-3-12-22(25)29/h1-6,10-15H,7-9,16-19H2,(H,30,33). The van der Waals surface area contributed by atoms with E-state index in [0.717, 1.165) is 54.8 Å². The van der Waals surface area contributed by atoms with Crippen molar-refractivity contribution < 1.29 is 9.53 Å². The number of carbonyl (C=O) groups excluding carboxylic acids is 1. The van der Waals surface area contributed by atoms with Crippen molar-refractivity contribution in [3.63, 3.8) is 0 Å². The minimum absolute atomic E-state index is 0.155. The molecule has 1 aromatic heterocycles. The second-order valence-corrected chi connectivity index (χ2v) is 8.81. The predicted molar refractivity (Wildman–Crippen MR) is 138 cm³/mol. The zero-order chi connectivity index (χ0) is 23.8. The SMILES string of the molecule is O=C(NCCCc1nc2ccccc2n1CCCCOc1ccccc1Cl)c1ccccc1Cl. The van der Waals surface area contributed by atoms with Crippen LogP contribution in [0.2, 0.25) is 10.0 Å². The van der Waals surface area contributed by atoms with Crippen LogP contribution >= 0.6 is 23.2 Å². The van der Waals surface area contributed by atoms with Crippen molar-refractivity contribution in [3.05, 3.63) is 94.2 Å². The van der Waals surface area contributed by atoms with Gasteiger partial charge in [-0.2, -0.15) is 0 Å². The number of amides is 1. The maximum Gasteiger partial charge on any atom is 0.252 e. The number of halogens is 2. The van der Waals surface area contributed by atoms with E-state index in [1.54, 1.807) is 12.1 Å². The Balaban J connectivity index is 1.30. The summed E-state index contributed by atoms with van der Waals surface area (Å²) in [5.74, 6) is 1.59. The lowest BCUT2D eigenvalue weighted by Crippen LogP contribution is -2.25. The first kappa shape index (κ1) is 24.1. The van der Waals surface area contributed by atoms with Gasteiger partial charge >= 0.3 is 0 Å². The van der Waals surface area contributed by atoms with Crippen molar-refractivity contribution in [1.29, 1.82) is 0 Å². The molecule has 0 fully saturated rings. The predicted octanol–water partition coefficient (Wildman–Crippen LogP) is 6.56. The summed E-state index contributed by atoms with van der Waals surface area (Å²) < 4.78 is 8.09. The number of ether oxygens (including phenoxy) is 1. The van der Waals surface area contributed by atoms with Gasteiger partial charge in [-0.3, -0.25) is 4.79 Å². The number of para-hydroxylation sites is 3. The minimum Gasteiger partial charge on any atom is -0.492 e. The highest BCUT2D eigenvalue weighted by molar-refractivity contribution is 6.33. The molecule has 1 heterocycles. The van der Waals surface area contributed by atoms with Crippen LogP contribution < -0.4 is 10.1 Å². The fraction of sp³-hybridized carbons (Fsp3) is 0.259. The zero-order valence-electron chi connectivity index (χ0n) is 18.8. The number of benzene rings is 3. The second kappa shape index (κ2) is 11.9. The molecule has 0 unspecified atom stereocenters. The van der Waals surface area contributed by atoms with Crippen molar-refractivity contribution in [2.24, 2.45) is 0 Å². The van der Waals surface area contributed by atoms with E-state index in [2.05, 4.69) is 16.0 Å². The summed E-state index contributed by atoms with van der Waals surface area (Å²) in [5.41, 5.74) is 2.62. The maximum atomic E-state index is 12.4. The van der Waals surface area contributed by atoms with E-state index in [1.165, 1.54) is 0 Å². The molecule has 0 atom stereocenters. The van der Waals surface area contributed by atoms with E-state index in [-0.39, 0.29) is 5.91 Å². The third-order valence-corrected chi connectivity index (χ3v) is 6.23. The number of aromatic nitrogens is 2. The molecule has 0 saturated heterocycles. The average molecular weight is 496 g/mol. The Morgan fingerprint density at radius 1 is 0.882 bits per heavy atom. The number of rotatable bonds is 11. The summed E-state index contributed by atoms with van der Waals surface area (Å²) in [6, 6.07) is 22.8. The van der Waals surface area contributed by atoms with Gasteiger partial charge in [0.05, 0.1) is 33.2 Å². The molecular formula is C27H27Cl2N3O2. The fourth-order valence-electron chi connectivity index (χ4n) is 3.87. The lowest BCUT2D eigenvalue weighted by Gasteiger charge is -2.11. The van der Waals surface area contributed by atoms with Gasteiger partial charge in [0.2, 0.25) is 0 Å². The van der Waals surface area contributed by atoms with Gasteiger partial charge < -0.3 is 14.6 Å². The Bertz CT molecular complexity index is 1260. The molecule has 5 nitrogen and oxygen atoms in total. The van der Waals surface area contributed by atoms with Crippen LogP contribution in [0, 0.1) is 0 Å². The van der Waals surface area contributed by atoms with Crippen LogP contribution in [0.5, 0.6) is 5.75 Å². The molecule has 176 valence electrons. The van der Waals surface area contributed by atoms with Crippen molar-refractivity contribution in [2.45, 2.75) is 32.2 Å². The van der Waals surface area contributed by atoms with Gasteiger partial charge in [0.25, 0.3) is 5.91 Å². The molecule has 3 aromatic carbocycles. The molecule has 0 spiro atoms. The van der Waals surface area contributed by atoms with Crippen molar-refractivity contribution >= 4 is 40.1 Å². The lowest BCUT2D eigenvalue weighted by molar-refractivity contribution is 0.0953. The number of imidazole rings is 1. The Kier molecular flexibility index (Phi) is 8.45. The molecule has 34 heavy (non-hydrogen) atoms. The molecule has 7 heteroatoms. The summed E-state index contributed by atoms with van der Waals surface area (Å²) >= 11 is 12.3. The molecule has 4 aromatic rings. The summed E-state index contributed by atoms with van der Waals surface area (Å²) in [5, 5.41) is 4.05. The number of nitrogens with zero attached hydrogens (tertiary/aromatic N) is 2. The van der Waals surface area contributed by atoms with E-state index in [0.29, 0.717) is 28.8 Å². The lowest BCUT2D eigenvalue weighted by atomic mass is 10.2. The van der Waals surface area contributed by atoms with Crippen molar-refractivity contribution in [2.75, 3.05) is 13.2 Å². The third-order valence-electron chi connectivity index (χ3n) is 5.59. The first-order valence-electron chi connectivity index (χ1n) is 11.5. The highest BCUT2D eigenvalue weighted by Crippen LogP contribution is 2.23. The number of carbonyl (C=O) groups is 1. The molecule has 0 bridgehead atoms. The van der Waals surface area contributed by atoms with Gasteiger partial charge in [-0.05, 0) is 55.7 Å². The van der Waals surface area contributed by atoms with Crippen LogP contribution in [0.15, 0.2) is 72.8 Å². The third kappa shape index (κ3) is 6.10. The van der Waals surface area contributed by atoms with Gasteiger partial charge in [0.1, 0.15) is 11.6 Å². The number of hydrogen-bond acceptors (Lipinski definition) is 3. The van der Waals surface area contributed by atoms with E-state index < -0.39 is 0 Å². The van der Waals surface area contributed by atoms with E-state index >= 15 is 0 Å². The summed E-state index contributed by atoms with van der Waals surface area (Å²) in [7, 11) is 0. The van der Waals surface area contributed by atoms with Crippen molar-refractivity contribution in [3.8, 4) is 5.75 Å².